The van der Waals surface area contributed by atoms with Crippen LogP contribution in [-0.4, -0.2) is 36.5 Å². The molecule has 0 aliphatic heterocycles. The summed E-state index contributed by atoms with van der Waals surface area (Å²) in [5.41, 5.74) is 7.19. The summed E-state index contributed by atoms with van der Waals surface area (Å²) in [7, 11) is 1.51. The molecule has 1 heterocycles. The molecule has 136 valence electrons. The molecule has 0 saturated carbocycles. The average Bonchev–Trinajstić information content (AvgIpc) is 2.62. The fourth-order valence-electron chi connectivity index (χ4n) is 2.25. The maximum Gasteiger partial charge on any atom is 0.315 e. The summed E-state index contributed by atoms with van der Waals surface area (Å²) in [6.45, 7) is 1.83. The van der Waals surface area contributed by atoms with Crippen LogP contribution in [0.2, 0.25) is 0 Å². The van der Waals surface area contributed by atoms with Crippen LogP contribution < -0.4 is 15.8 Å². The van der Waals surface area contributed by atoms with Gasteiger partial charge in [0, 0.05) is 17.8 Å². The Hall–Kier alpha value is -3.42. The molecular formula is C18H19N3O5. The molecule has 1 aromatic heterocycles. The van der Waals surface area contributed by atoms with E-state index >= 15 is 0 Å². The number of esters is 1. The van der Waals surface area contributed by atoms with E-state index in [2.05, 4.69) is 10.3 Å². The number of primary amides is 1. The number of nitrogens with one attached hydrogen (secondary N) is 1. The van der Waals surface area contributed by atoms with Crippen molar-refractivity contribution < 1.29 is 23.9 Å². The predicted octanol–water partition coefficient (Wildman–Crippen LogP) is 1.75. The van der Waals surface area contributed by atoms with Gasteiger partial charge in [0.15, 0.2) is 0 Å². The molecule has 8 nitrogen and oxygen atoms in total. The second-order valence-electron chi connectivity index (χ2n) is 5.24. The third-order valence-electron chi connectivity index (χ3n) is 3.45. The van der Waals surface area contributed by atoms with Crippen molar-refractivity contribution in [3.8, 4) is 17.0 Å². The third-order valence-corrected chi connectivity index (χ3v) is 3.45. The molecule has 1 aromatic carbocycles. The Bertz CT molecular complexity index is 818. The lowest BCUT2D eigenvalue weighted by molar-refractivity contribution is -0.145. The van der Waals surface area contributed by atoms with Crippen LogP contribution in [0.3, 0.4) is 0 Å². The molecule has 0 spiro atoms. The summed E-state index contributed by atoms with van der Waals surface area (Å²) in [6, 6.07) is 8.27. The van der Waals surface area contributed by atoms with Crippen LogP contribution in [0.5, 0.6) is 5.88 Å². The van der Waals surface area contributed by atoms with E-state index in [0.717, 1.165) is 5.56 Å². The fourth-order valence-corrected chi connectivity index (χ4v) is 2.25. The number of amides is 2. The lowest BCUT2D eigenvalue weighted by Gasteiger charge is -2.11. The monoisotopic (exact) mass is 357 g/mol. The highest BCUT2D eigenvalue weighted by Gasteiger charge is 2.15. The number of ether oxygens (including phenoxy) is 2. The summed E-state index contributed by atoms with van der Waals surface area (Å²) in [4.78, 5) is 39.1. The first-order chi connectivity index (χ1) is 12.4. The molecule has 2 aromatic rings. The Labute approximate surface area is 150 Å². The van der Waals surface area contributed by atoms with Crippen LogP contribution in [0, 0.1) is 0 Å². The Morgan fingerprint density at radius 3 is 2.46 bits per heavy atom. The van der Waals surface area contributed by atoms with Gasteiger partial charge in [-0.1, -0.05) is 6.07 Å². The number of rotatable bonds is 7. The van der Waals surface area contributed by atoms with E-state index < -0.39 is 24.2 Å². The number of carbonyl (C=O) groups excluding carboxylic acids is 3. The van der Waals surface area contributed by atoms with Crippen molar-refractivity contribution in [2.24, 2.45) is 5.73 Å². The van der Waals surface area contributed by atoms with Gasteiger partial charge in [-0.2, -0.15) is 0 Å². The van der Waals surface area contributed by atoms with Crippen LogP contribution in [0.15, 0.2) is 36.5 Å². The SMILES string of the molecule is CCOC(=O)CC(=O)Nc1ccc(-c2ccc(OC)nc2)cc1C(N)=O. The summed E-state index contributed by atoms with van der Waals surface area (Å²) in [6.07, 6.45) is 1.15. The van der Waals surface area contributed by atoms with Gasteiger partial charge in [0.1, 0.15) is 6.42 Å². The summed E-state index contributed by atoms with van der Waals surface area (Å²) >= 11 is 0. The zero-order valence-electron chi connectivity index (χ0n) is 14.4. The normalized spacial score (nSPS) is 10.1. The second-order valence-corrected chi connectivity index (χ2v) is 5.24. The molecule has 0 fully saturated rings. The van der Waals surface area contributed by atoms with E-state index in [4.69, 9.17) is 15.2 Å². The minimum absolute atomic E-state index is 0.121. The molecule has 0 bridgehead atoms. The molecule has 0 atom stereocenters. The number of benzene rings is 1. The van der Waals surface area contributed by atoms with Crippen molar-refractivity contribution in [2.75, 3.05) is 19.0 Å². The number of carbonyl (C=O) groups is 3. The summed E-state index contributed by atoms with van der Waals surface area (Å²) in [5.74, 6) is -1.48. The van der Waals surface area contributed by atoms with Crippen molar-refractivity contribution in [3.05, 3.63) is 42.1 Å². The molecule has 2 amide bonds. The maximum atomic E-state index is 11.9. The van der Waals surface area contributed by atoms with Gasteiger partial charge in [0.25, 0.3) is 5.91 Å². The lowest BCUT2D eigenvalue weighted by atomic mass is 10.0. The Balaban J connectivity index is 2.24. The molecule has 0 radical (unpaired) electrons. The predicted molar refractivity (Wildman–Crippen MR) is 94.6 cm³/mol. The topological polar surface area (TPSA) is 121 Å². The van der Waals surface area contributed by atoms with Gasteiger partial charge in [-0.25, -0.2) is 4.98 Å². The number of hydrogen-bond acceptors (Lipinski definition) is 6. The maximum absolute atomic E-state index is 11.9. The molecule has 0 aliphatic rings. The quantitative estimate of drug-likeness (QED) is 0.575. The smallest absolute Gasteiger partial charge is 0.315 e. The fraction of sp³-hybridized carbons (Fsp3) is 0.222. The standard InChI is InChI=1S/C18H19N3O5/c1-3-26-17(23)9-15(22)21-14-6-4-11(8-13(14)18(19)24)12-5-7-16(25-2)20-10-12/h4-8,10H,3,9H2,1-2H3,(H2,19,24)(H,21,22). The first-order valence-corrected chi connectivity index (χ1v) is 7.84. The van der Waals surface area contributed by atoms with E-state index in [1.165, 1.54) is 7.11 Å². The largest absolute Gasteiger partial charge is 0.481 e. The number of pyridine rings is 1. The number of hydrogen-bond donors (Lipinski definition) is 2. The lowest BCUT2D eigenvalue weighted by Crippen LogP contribution is -2.21. The van der Waals surface area contributed by atoms with E-state index in [1.54, 1.807) is 43.5 Å². The highest BCUT2D eigenvalue weighted by atomic mass is 16.5. The van der Waals surface area contributed by atoms with Crippen molar-refractivity contribution >= 4 is 23.5 Å². The van der Waals surface area contributed by atoms with Crippen molar-refractivity contribution in [1.29, 1.82) is 0 Å². The van der Waals surface area contributed by atoms with E-state index in [1.807, 2.05) is 0 Å². The van der Waals surface area contributed by atoms with E-state index in [0.29, 0.717) is 11.4 Å². The van der Waals surface area contributed by atoms with Gasteiger partial charge < -0.3 is 20.5 Å². The van der Waals surface area contributed by atoms with Gasteiger partial charge in [-0.3, -0.25) is 14.4 Å². The van der Waals surface area contributed by atoms with Crippen LogP contribution in [0.4, 0.5) is 5.69 Å². The summed E-state index contributed by atoms with van der Waals surface area (Å²) in [5, 5.41) is 2.50. The number of methoxy groups -OCH3 is 1. The highest BCUT2D eigenvalue weighted by Crippen LogP contribution is 2.26. The molecule has 0 saturated heterocycles. The zero-order valence-corrected chi connectivity index (χ0v) is 14.4. The van der Waals surface area contributed by atoms with Crippen LogP contribution in [-0.2, 0) is 14.3 Å². The number of aromatic nitrogens is 1. The molecule has 0 aliphatic carbocycles. The van der Waals surface area contributed by atoms with Crippen molar-refractivity contribution in [1.82, 2.24) is 4.98 Å². The average molecular weight is 357 g/mol. The summed E-state index contributed by atoms with van der Waals surface area (Å²) < 4.78 is 9.72. The van der Waals surface area contributed by atoms with Crippen molar-refractivity contribution in [3.63, 3.8) is 0 Å². The van der Waals surface area contributed by atoms with Gasteiger partial charge >= 0.3 is 5.97 Å². The van der Waals surface area contributed by atoms with Crippen LogP contribution in [0.1, 0.15) is 23.7 Å². The number of anilines is 1. The van der Waals surface area contributed by atoms with Gasteiger partial charge in [-0.05, 0) is 30.7 Å². The Kier molecular flexibility index (Phi) is 6.26. The zero-order chi connectivity index (χ0) is 19.1. The highest BCUT2D eigenvalue weighted by molar-refractivity contribution is 6.07. The second kappa shape index (κ2) is 8.61. The molecule has 8 heteroatoms. The Morgan fingerprint density at radius 1 is 1.15 bits per heavy atom. The molecular weight excluding hydrogens is 338 g/mol. The number of nitrogens with zero attached hydrogens (tertiary/aromatic N) is 1. The first kappa shape index (κ1) is 18.9. The first-order valence-electron chi connectivity index (χ1n) is 7.84. The molecule has 2 rings (SSSR count). The van der Waals surface area contributed by atoms with Crippen molar-refractivity contribution in [2.45, 2.75) is 13.3 Å². The number of nitrogens with two attached hydrogens (primary N) is 1. The van der Waals surface area contributed by atoms with Crippen LogP contribution in [0.25, 0.3) is 11.1 Å². The molecule has 0 unspecified atom stereocenters. The van der Waals surface area contributed by atoms with Gasteiger partial charge in [0.05, 0.1) is 25.0 Å². The van der Waals surface area contributed by atoms with Crippen LogP contribution >= 0.6 is 0 Å². The molecule has 3 N–H and O–H groups in total. The third kappa shape index (κ3) is 4.79. The molecule has 26 heavy (non-hydrogen) atoms. The van der Waals surface area contributed by atoms with Gasteiger partial charge in [0.2, 0.25) is 11.8 Å². The Morgan fingerprint density at radius 2 is 1.88 bits per heavy atom. The minimum Gasteiger partial charge on any atom is -0.481 e. The van der Waals surface area contributed by atoms with Gasteiger partial charge in [-0.15, -0.1) is 0 Å². The van der Waals surface area contributed by atoms with E-state index in [9.17, 15) is 14.4 Å². The minimum atomic E-state index is -0.709. The van der Waals surface area contributed by atoms with E-state index in [-0.39, 0.29) is 17.9 Å².